The van der Waals surface area contributed by atoms with Gasteiger partial charge in [-0.1, -0.05) is 29.5 Å². The molecule has 6 heteroatoms. The van der Waals surface area contributed by atoms with Gasteiger partial charge in [0, 0.05) is 18.1 Å². The van der Waals surface area contributed by atoms with E-state index < -0.39 is 9.84 Å². The van der Waals surface area contributed by atoms with E-state index in [4.69, 9.17) is 0 Å². The van der Waals surface area contributed by atoms with Crippen molar-refractivity contribution in [3.05, 3.63) is 42.2 Å². The van der Waals surface area contributed by atoms with Gasteiger partial charge in [-0.2, -0.15) is 0 Å². The number of aryl methyl sites for hydroxylation is 1. The minimum absolute atomic E-state index is 0.170. The van der Waals surface area contributed by atoms with Crippen LogP contribution in [0.3, 0.4) is 0 Å². The van der Waals surface area contributed by atoms with Crippen molar-refractivity contribution in [3.8, 4) is 0 Å². The number of H-pyrrole nitrogens is 1. The maximum atomic E-state index is 12.1. The molecule has 0 bridgehead atoms. The second-order valence-electron chi connectivity index (χ2n) is 4.23. The van der Waals surface area contributed by atoms with E-state index in [1.807, 2.05) is 19.1 Å². The summed E-state index contributed by atoms with van der Waals surface area (Å²) in [7, 11) is -3.16. The van der Waals surface area contributed by atoms with Gasteiger partial charge in [-0.25, -0.2) is 13.4 Å². The summed E-state index contributed by atoms with van der Waals surface area (Å²) in [6, 6.07) is 6.99. The van der Waals surface area contributed by atoms with Gasteiger partial charge >= 0.3 is 0 Å². The minimum Gasteiger partial charge on any atom is -0.340 e. The topological polar surface area (TPSA) is 62.8 Å². The maximum Gasteiger partial charge on any atom is 0.178 e. The smallest absolute Gasteiger partial charge is 0.178 e. The number of nitrogens with zero attached hydrogens (tertiary/aromatic N) is 1. The number of imidazole rings is 1. The largest absolute Gasteiger partial charge is 0.340 e. The van der Waals surface area contributed by atoms with Crippen LogP contribution >= 0.6 is 11.8 Å². The molecule has 1 aromatic carbocycles. The molecule has 0 saturated heterocycles. The van der Waals surface area contributed by atoms with Crippen molar-refractivity contribution in [1.82, 2.24) is 9.97 Å². The van der Waals surface area contributed by atoms with E-state index in [0.717, 1.165) is 16.5 Å². The molecule has 1 N–H and O–H groups in total. The summed E-state index contributed by atoms with van der Waals surface area (Å²) in [5.74, 6) is 0.905. The van der Waals surface area contributed by atoms with E-state index in [9.17, 15) is 8.42 Å². The lowest BCUT2D eigenvalue weighted by Crippen LogP contribution is -2.07. The summed E-state index contributed by atoms with van der Waals surface area (Å²) < 4.78 is 24.1. The van der Waals surface area contributed by atoms with E-state index in [0.29, 0.717) is 11.3 Å². The minimum atomic E-state index is -3.16. The highest BCUT2D eigenvalue weighted by Crippen LogP contribution is 2.16. The second-order valence-corrected chi connectivity index (χ2v) is 7.42. The molecule has 1 aromatic heterocycles. The molecule has 0 unspecified atom stereocenters. The van der Waals surface area contributed by atoms with Crippen LogP contribution < -0.4 is 0 Å². The number of hydrogen-bond acceptors (Lipinski definition) is 4. The molecule has 102 valence electrons. The fourth-order valence-corrected chi connectivity index (χ4v) is 3.87. The zero-order chi connectivity index (χ0) is 13.7. The number of thioether (sulfide) groups is 1. The van der Waals surface area contributed by atoms with Gasteiger partial charge in [-0.3, -0.25) is 0 Å². The highest BCUT2D eigenvalue weighted by atomic mass is 32.2. The lowest BCUT2D eigenvalue weighted by molar-refractivity contribution is 0.595. The zero-order valence-electron chi connectivity index (χ0n) is 10.7. The predicted molar refractivity (Wildman–Crippen MR) is 77.2 cm³/mol. The fourth-order valence-electron chi connectivity index (χ4n) is 1.61. The molecule has 2 rings (SSSR count). The van der Waals surface area contributed by atoms with Crippen LogP contribution in [0, 0.1) is 6.92 Å². The molecule has 0 aliphatic heterocycles. The van der Waals surface area contributed by atoms with Gasteiger partial charge in [0.25, 0.3) is 0 Å². The average molecular weight is 296 g/mol. The van der Waals surface area contributed by atoms with Crippen LogP contribution in [-0.2, 0) is 9.84 Å². The van der Waals surface area contributed by atoms with Gasteiger partial charge in [0.1, 0.15) is 0 Å². The van der Waals surface area contributed by atoms with Gasteiger partial charge in [-0.05, 0) is 25.5 Å². The Labute approximate surface area is 117 Å². The fraction of sp³-hybridized carbons (Fsp3) is 0.308. The summed E-state index contributed by atoms with van der Waals surface area (Å²) in [4.78, 5) is 7.45. The quantitative estimate of drug-likeness (QED) is 0.657. The predicted octanol–water partition coefficient (Wildman–Crippen LogP) is 2.67. The van der Waals surface area contributed by atoms with Crippen LogP contribution in [0.1, 0.15) is 12.0 Å². The van der Waals surface area contributed by atoms with Gasteiger partial charge in [0.05, 0.1) is 10.6 Å². The first-order valence-electron chi connectivity index (χ1n) is 5.99. The lowest BCUT2D eigenvalue weighted by atomic mass is 10.2. The van der Waals surface area contributed by atoms with Crippen molar-refractivity contribution in [2.24, 2.45) is 0 Å². The molecule has 0 spiro atoms. The standard InChI is InChI=1S/C13H16N2O2S2/c1-11-3-5-12(6-4-11)19(16,17)10-2-9-18-13-14-7-8-15-13/h3-8H,2,9-10H2,1H3,(H,14,15). The van der Waals surface area contributed by atoms with Gasteiger partial charge < -0.3 is 4.98 Å². The number of aromatic nitrogens is 2. The molecule has 0 aliphatic carbocycles. The van der Waals surface area contributed by atoms with Crippen molar-refractivity contribution < 1.29 is 8.42 Å². The summed E-state index contributed by atoms with van der Waals surface area (Å²) in [5, 5.41) is 0.827. The molecular formula is C13H16N2O2S2. The number of sulfone groups is 1. The third-order valence-electron chi connectivity index (χ3n) is 2.65. The van der Waals surface area contributed by atoms with Crippen LogP contribution in [0.2, 0.25) is 0 Å². The van der Waals surface area contributed by atoms with Crippen molar-refractivity contribution in [2.75, 3.05) is 11.5 Å². The number of benzene rings is 1. The molecule has 0 saturated carbocycles. The summed E-state index contributed by atoms with van der Waals surface area (Å²) >= 11 is 1.53. The van der Waals surface area contributed by atoms with E-state index in [1.165, 1.54) is 11.8 Å². The van der Waals surface area contributed by atoms with Crippen LogP contribution in [0.5, 0.6) is 0 Å². The highest BCUT2D eigenvalue weighted by Gasteiger charge is 2.13. The Kier molecular flexibility index (Phi) is 4.66. The zero-order valence-corrected chi connectivity index (χ0v) is 12.3. The van der Waals surface area contributed by atoms with E-state index in [-0.39, 0.29) is 5.75 Å². The molecule has 1 heterocycles. The highest BCUT2D eigenvalue weighted by molar-refractivity contribution is 7.99. The molecule has 0 radical (unpaired) electrons. The first-order chi connectivity index (χ1) is 9.08. The van der Waals surface area contributed by atoms with Crippen molar-refractivity contribution in [2.45, 2.75) is 23.4 Å². The molecule has 0 fully saturated rings. The molecule has 2 aromatic rings. The lowest BCUT2D eigenvalue weighted by Gasteiger charge is -2.04. The Balaban J connectivity index is 1.86. The van der Waals surface area contributed by atoms with Crippen LogP contribution in [0.4, 0.5) is 0 Å². The van der Waals surface area contributed by atoms with Crippen molar-refractivity contribution in [1.29, 1.82) is 0 Å². The van der Waals surface area contributed by atoms with Gasteiger partial charge in [0.2, 0.25) is 0 Å². The maximum absolute atomic E-state index is 12.1. The van der Waals surface area contributed by atoms with Crippen LogP contribution in [0.25, 0.3) is 0 Å². The number of nitrogens with one attached hydrogen (secondary N) is 1. The summed E-state index contributed by atoms with van der Waals surface area (Å²) in [6.07, 6.45) is 4.05. The third-order valence-corrected chi connectivity index (χ3v) is 5.46. The molecular weight excluding hydrogens is 280 g/mol. The van der Waals surface area contributed by atoms with Crippen LogP contribution in [-0.4, -0.2) is 29.9 Å². The normalized spacial score (nSPS) is 11.6. The van der Waals surface area contributed by atoms with Gasteiger partial charge in [-0.15, -0.1) is 0 Å². The van der Waals surface area contributed by atoms with Crippen molar-refractivity contribution in [3.63, 3.8) is 0 Å². The Morgan fingerprint density at radius 1 is 1.26 bits per heavy atom. The molecule has 0 atom stereocenters. The van der Waals surface area contributed by atoms with E-state index in [2.05, 4.69) is 9.97 Å². The summed E-state index contributed by atoms with van der Waals surface area (Å²) in [5.41, 5.74) is 1.06. The monoisotopic (exact) mass is 296 g/mol. The van der Waals surface area contributed by atoms with E-state index >= 15 is 0 Å². The van der Waals surface area contributed by atoms with E-state index in [1.54, 1.807) is 24.5 Å². The molecule has 19 heavy (non-hydrogen) atoms. The Morgan fingerprint density at radius 3 is 2.63 bits per heavy atom. The summed E-state index contributed by atoms with van der Waals surface area (Å²) in [6.45, 7) is 1.94. The average Bonchev–Trinajstić information content (AvgIpc) is 2.88. The SMILES string of the molecule is Cc1ccc(S(=O)(=O)CCCSc2ncc[nH]2)cc1. The molecule has 4 nitrogen and oxygen atoms in total. The van der Waals surface area contributed by atoms with Gasteiger partial charge in [0.15, 0.2) is 15.0 Å². The Bertz CT molecular complexity index is 605. The number of hydrogen-bond donors (Lipinski definition) is 1. The first-order valence-corrected chi connectivity index (χ1v) is 8.63. The first kappa shape index (κ1) is 14.1. The van der Waals surface area contributed by atoms with Crippen molar-refractivity contribution >= 4 is 21.6 Å². The molecule has 0 amide bonds. The molecule has 0 aliphatic rings. The number of aromatic amines is 1. The second kappa shape index (κ2) is 6.25. The Morgan fingerprint density at radius 2 is 2.00 bits per heavy atom. The van der Waals surface area contributed by atoms with Crippen LogP contribution in [0.15, 0.2) is 46.7 Å². The Hall–Kier alpha value is -1.27. The number of rotatable bonds is 6. The third kappa shape index (κ3) is 4.11.